The number of piperazine rings is 1. The molecule has 3 nitrogen and oxygen atoms in total. The van der Waals surface area contributed by atoms with Gasteiger partial charge < -0.3 is 0 Å². The largest absolute Gasteiger partial charge is 0.294 e. The summed E-state index contributed by atoms with van der Waals surface area (Å²) >= 11 is 0. The molecule has 0 unspecified atom stereocenters. The predicted octanol–water partition coefficient (Wildman–Crippen LogP) is 5.56. The van der Waals surface area contributed by atoms with Crippen LogP contribution in [0.5, 0.6) is 0 Å². The van der Waals surface area contributed by atoms with E-state index in [1.807, 2.05) is 6.21 Å². The van der Waals surface area contributed by atoms with Gasteiger partial charge in [0, 0.05) is 31.7 Å². The fraction of sp³-hybridized carbons (Fsp3) is 0.179. The Morgan fingerprint density at radius 3 is 2.00 bits per heavy atom. The Morgan fingerprint density at radius 1 is 0.645 bits per heavy atom. The van der Waals surface area contributed by atoms with Gasteiger partial charge in [0.2, 0.25) is 0 Å². The molecule has 0 saturated carbocycles. The number of rotatable bonds is 3. The van der Waals surface area contributed by atoms with E-state index in [9.17, 15) is 0 Å². The van der Waals surface area contributed by atoms with Gasteiger partial charge in [0.25, 0.3) is 0 Å². The minimum atomic E-state index is 0.358. The molecule has 31 heavy (non-hydrogen) atoms. The van der Waals surface area contributed by atoms with Crippen LogP contribution >= 0.6 is 0 Å². The van der Waals surface area contributed by atoms with E-state index in [1.165, 1.54) is 38.6 Å². The molecule has 1 fully saturated rings. The minimum absolute atomic E-state index is 0.358. The zero-order valence-corrected chi connectivity index (χ0v) is 17.5. The SMILES string of the molecule is C(=N/N1CCN(C2c3ccccc3-c3ccccc32)CC1)/c1cccc2ccccc12. The van der Waals surface area contributed by atoms with Crippen molar-refractivity contribution in [1.29, 1.82) is 0 Å². The monoisotopic (exact) mass is 403 g/mol. The zero-order valence-electron chi connectivity index (χ0n) is 17.5. The molecule has 1 aliphatic carbocycles. The Bertz CT molecular complexity index is 1220. The number of benzene rings is 4. The van der Waals surface area contributed by atoms with E-state index in [-0.39, 0.29) is 0 Å². The molecule has 0 amide bonds. The van der Waals surface area contributed by atoms with Crippen LogP contribution in [-0.4, -0.2) is 42.3 Å². The van der Waals surface area contributed by atoms with Crippen molar-refractivity contribution in [3.05, 3.63) is 108 Å². The first-order valence-corrected chi connectivity index (χ1v) is 11.1. The highest BCUT2D eigenvalue weighted by molar-refractivity contribution is 5.99. The van der Waals surface area contributed by atoms with E-state index < -0.39 is 0 Å². The summed E-state index contributed by atoms with van der Waals surface area (Å²) in [6.45, 7) is 3.92. The molecule has 0 aromatic heterocycles. The van der Waals surface area contributed by atoms with Gasteiger partial charge in [-0.3, -0.25) is 9.91 Å². The van der Waals surface area contributed by atoms with E-state index in [0.29, 0.717) is 6.04 Å². The molecule has 0 spiro atoms. The minimum Gasteiger partial charge on any atom is -0.294 e. The summed E-state index contributed by atoms with van der Waals surface area (Å²) < 4.78 is 0. The molecule has 3 heteroatoms. The number of nitrogens with zero attached hydrogens (tertiary/aromatic N) is 3. The molecular formula is C28H25N3. The zero-order chi connectivity index (χ0) is 20.6. The highest BCUT2D eigenvalue weighted by Crippen LogP contribution is 2.46. The molecule has 152 valence electrons. The van der Waals surface area contributed by atoms with Gasteiger partial charge in [-0.1, -0.05) is 91.0 Å². The summed E-state index contributed by atoms with van der Waals surface area (Å²) in [5.74, 6) is 0. The lowest BCUT2D eigenvalue weighted by atomic mass is 10.0. The van der Waals surface area contributed by atoms with Crippen LogP contribution in [0.2, 0.25) is 0 Å². The maximum absolute atomic E-state index is 4.83. The number of hydrazone groups is 1. The quantitative estimate of drug-likeness (QED) is 0.417. The van der Waals surface area contributed by atoms with Gasteiger partial charge in [-0.05, 0) is 33.0 Å². The first-order valence-electron chi connectivity index (χ1n) is 11.1. The predicted molar refractivity (Wildman–Crippen MR) is 128 cm³/mol. The third kappa shape index (κ3) is 3.22. The Hall–Kier alpha value is -3.43. The lowest BCUT2D eigenvalue weighted by molar-refractivity contribution is 0.114. The highest BCUT2D eigenvalue weighted by Gasteiger charge is 2.33. The summed E-state index contributed by atoms with van der Waals surface area (Å²) in [6, 6.07) is 33.0. The molecule has 1 aliphatic heterocycles. The van der Waals surface area contributed by atoms with Crippen LogP contribution in [0.3, 0.4) is 0 Å². The maximum Gasteiger partial charge on any atom is 0.0615 e. The standard InChI is InChI=1S/C28H25N3/c1-2-11-23-21(8-1)9-7-10-22(23)20-29-31-18-16-30(17-19-31)28-26-14-5-3-12-24(26)25-13-4-6-15-27(25)28/h1-15,20,28H,16-19H2/b29-20-. The van der Waals surface area contributed by atoms with E-state index in [2.05, 4.69) is 101 Å². The highest BCUT2D eigenvalue weighted by atomic mass is 15.5. The van der Waals surface area contributed by atoms with Crippen LogP contribution in [0.25, 0.3) is 21.9 Å². The van der Waals surface area contributed by atoms with Gasteiger partial charge >= 0.3 is 0 Å². The second-order valence-electron chi connectivity index (χ2n) is 8.38. The molecule has 0 atom stereocenters. The molecule has 0 radical (unpaired) electrons. The third-order valence-electron chi connectivity index (χ3n) is 6.64. The first kappa shape index (κ1) is 18.3. The van der Waals surface area contributed by atoms with Crippen LogP contribution in [-0.2, 0) is 0 Å². The summed E-state index contributed by atoms with van der Waals surface area (Å²) in [7, 11) is 0. The van der Waals surface area contributed by atoms with E-state index in [4.69, 9.17) is 5.10 Å². The van der Waals surface area contributed by atoms with Gasteiger partial charge in [-0.15, -0.1) is 0 Å². The Balaban J connectivity index is 1.20. The van der Waals surface area contributed by atoms with Crippen molar-refractivity contribution < 1.29 is 0 Å². The normalized spacial score (nSPS) is 16.7. The average Bonchev–Trinajstić information content (AvgIpc) is 3.18. The molecule has 1 saturated heterocycles. The van der Waals surface area contributed by atoms with Crippen molar-refractivity contribution in [2.45, 2.75) is 6.04 Å². The Kier molecular flexibility index (Phi) is 4.54. The Morgan fingerprint density at radius 2 is 1.26 bits per heavy atom. The maximum atomic E-state index is 4.83. The van der Waals surface area contributed by atoms with Gasteiger partial charge in [-0.2, -0.15) is 5.10 Å². The fourth-order valence-corrected chi connectivity index (χ4v) is 5.11. The summed E-state index contributed by atoms with van der Waals surface area (Å²) in [6.07, 6.45) is 2.03. The van der Waals surface area contributed by atoms with Crippen molar-refractivity contribution in [1.82, 2.24) is 9.91 Å². The van der Waals surface area contributed by atoms with Gasteiger partial charge in [0.05, 0.1) is 12.3 Å². The molecule has 4 aromatic rings. The number of fused-ring (bicyclic) bond motifs is 4. The number of hydrogen-bond donors (Lipinski definition) is 0. The molecular weight excluding hydrogens is 378 g/mol. The smallest absolute Gasteiger partial charge is 0.0615 e. The van der Waals surface area contributed by atoms with Crippen molar-refractivity contribution in [2.75, 3.05) is 26.2 Å². The van der Waals surface area contributed by atoms with E-state index >= 15 is 0 Å². The van der Waals surface area contributed by atoms with Gasteiger partial charge in [-0.25, -0.2) is 0 Å². The average molecular weight is 404 g/mol. The molecule has 0 bridgehead atoms. The van der Waals surface area contributed by atoms with Crippen molar-refractivity contribution in [2.24, 2.45) is 5.10 Å². The van der Waals surface area contributed by atoms with Crippen LogP contribution in [0.1, 0.15) is 22.7 Å². The second kappa shape index (κ2) is 7.68. The molecule has 2 aliphatic rings. The summed E-state index contributed by atoms with van der Waals surface area (Å²) in [5.41, 5.74) is 6.84. The van der Waals surface area contributed by atoms with Gasteiger partial charge in [0.1, 0.15) is 0 Å². The fourth-order valence-electron chi connectivity index (χ4n) is 5.11. The van der Waals surface area contributed by atoms with Gasteiger partial charge in [0.15, 0.2) is 0 Å². The van der Waals surface area contributed by atoms with Crippen molar-refractivity contribution in [3.8, 4) is 11.1 Å². The first-order chi connectivity index (χ1) is 15.4. The molecule has 4 aromatic carbocycles. The Labute approximate surface area is 183 Å². The lowest BCUT2D eigenvalue weighted by Gasteiger charge is -2.37. The van der Waals surface area contributed by atoms with Crippen LogP contribution in [0.4, 0.5) is 0 Å². The van der Waals surface area contributed by atoms with Crippen molar-refractivity contribution >= 4 is 17.0 Å². The molecule has 6 rings (SSSR count). The number of hydrogen-bond acceptors (Lipinski definition) is 3. The molecule has 1 heterocycles. The van der Waals surface area contributed by atoms with Crippen molar-refractivity contribution in [3.63, 3.8) is 0 Å². The summed E-state index contributed by atoms with van der Waals surface area (Å²) in [5, 5.41) is 9.56. The molecule has 0 N–H and O–H groups in total. The van der Waals surface area contributed by atoms with Crippen LogP contribution in [0, 0.1) is 0 Å². The third-order valence-corrected chi connectivity index (χ3v) is 6.64. The lowest BCUT2D eigenvalue weighted by Crippen LogP contribution is -2.45. The van der Waals surface area contributed by atoms with Crippen LogP contribution < -0.4 is 0 Å². The topological polar surface area (TPSA) is 18.8 Å². The van der Waals surface area contributed by atoms with E-state index in [1.54, 1.807) is 0 Å². The second-order valence-corrected chi connectivity index (χ2v) is 8.38. The van der Waals surface area contributed by atoms with E-state index in [0.717, 1.165) is 26.2 Å². The van der Waals surface area contributed by atoms with Crippen LogP contribution in [0.15, 0.2) is 96.1 Å². The summed E-state index contributed by atoms with van der Waals surface area (Å²) in [4.78, 5) is 2.62.